The zero-order valence-corrected chi connectivity index (χ0v) is 13.4. The van der Waals surface area contributed by atoms with E-state index in [4.69, 9.17) is 11.6 Å². The molecule has 1 aromatic carbocycles. The molecule has 0 saturated heterocycles. The van der Waals surface area contributed by atoms with Crippen molar-refractivity contribution in [2.45, 2.75) is 38.1 Å². The van der Waals surface area contributed by atoms with Crippen molar-refractivity contribution in [1.29, 1.82) is 0 Å². The highest BCUT2D eigenvalue weighted by atomic mass is 35.5. The minimum absolute atomic E-state index is 0.0626. The van der Waals surface area contributed by atoms with E-state index in [1.54, 1.807) is 0 Å². The Morgan fingerprint density at radius 3 is 2.68 bits per heavy atom. The van der Waals surface area contributed by atoms with Crippen LogP contribution in [0.15, 0.2) is 30.5 Å². The van der Waals surface area contributed by atoms with Crippen molar-refractivity contribution in [3.8, 4) is 11.4 Å². The quantitative estimate of drug-likeness (QED) is 0.940. The highest BCUT2D eigenvalue weighted by molar-refractivity contribution is 6.30. The van der Waals surface area contributed by atoms with Gasteiger partial charge in [-0.05, 0) is 37.1 Å². The van der Waals surface area contributed by atoms with Gasteiger partial charge in [0.15, 0.2) is 0 Å². The van der Waals surface area contributed by atoms with Crippen LogP contribution in [0, 0.1) is 0 Å². The molecule has 0 radical (unpaired) electrons. The highest BCUT2D eigenvalue weighted by Crippen LogP contribution is 2.21. The molecule has 0 aliphatic heterocycles. The Morgan fingerprint density at radius 1 is 1.32 bits per heavy atom. The van der Waals surface area contributed by atoms with Gasteiger partial charge in [-0.15, -0.1) is 0 Å². The van der Waals surface area contributed by atoms with Gasteiger partial charge in [0.2, 0.25) is 5.91 Å². The summed E-state index contributed by atoms with van der Waals surface area (Å²) in [5.41, 5.74) is 1.79. The molecule has 1 N–H and O–H groups in total. The number of halogens is 1. The number of aromatic nitrogens is 2. The van der Waals surface area contributed by atoms with Crippen LogP contribution < -0.4 is 5.32 Å². The summed E-state index contributed by atoms with van der Waals surface area (Å²) >= 11 is 5.91. The molecule has 2 aromatic rings. The summed E-state index contributed by atoms with van der Waals surface area (Å²) < 4.78 is 1.95. The van der Waals surface area contributed by atoms with Gasteiger partial charge in [0.05, 0.1) is 12.1 Å². The van der Waals surface area contributed by atoms with Crippen LogP contribution in [0.1, 0.15) is 31.4 Å². The lowest BCUT2D eigenvalue weighted by Gasteiger charge is -2.10. The van der Waals surface area contributed by atoms with Crippen molar-refractivity contribution < 1.29 is 4.79 Å². The Morgan fingerprint density at radius 2 is 2.00 bits per heavy atom. The van der Waals surface area contributed by atoms with Crippen molar-refractivity contribution in [3.05, 3.63) is 41.2 Å². The van der Waals surface area contributed by atoms with Crippen LogP contribution in [0.5, 0.6) is 0 Å². The van der Waals surface area contributed by atoms with Gasteiger partial charge >= 0.3 is 0 Å². The number of carbonyl (C=O) groups excluding carboxylic acids is 1. The Labute approximate surface area is 135 Å². The number of nitrogens with zero attached hydrogens (tertiary/aromatic N) is 2. The normalized spacial score (nSPS) is 15.2. The van der Waals surface area contributed by atoms with Gasteiger partial charge in [-0.25, -0.2) is 4.98 Å². The van der Waals surface area contributed by atoms with Crippen LogP contribution in [0.4, 0.5) is 0 Å². The summed E-state index contributed by atoms with van der Waals surface area (Å²) in [5.74, 6) is 0.910. The molecular weight excluding hydrogens is 298 g/mol. The monoisotopic (exact) mass is 317 g/mol. The minimum Gasteiger partial charge on any atom is -0.353 e. The molecule has 4 nitrogen and oxygen atoms in total. The lowest BCUT2D eigenvalue weighted by molar-refractivity contribution is -0.121. The van der Waals surface area contributed by atoms with E-state index in [2.05, 4.69) is 10.3 Å². The fraction of sp³-hybridized carbons (Fsp3) is 0.412. The zero-order valence-electron chi connectivity index (χ0n) is 12.7. The standard InChI is InChI=1S/C17H20ClN3O/c1-21-11-15(10-16(22)19-14-4-2-3-5-14)20-17(21)12-6-8-13(18)9-7-12/h6-9,11,14H,2-5,10H2,1H3,(H,19,22). The Hall–Kier alpha value is -1.81. The lowest BCUT2D eigenvalue weighted by atomic mass is 10.2. The van der Waals surface area contributed by atoms with Crippen LogP contribution in [0.2, 0.25) is 5.02 Å². The van der Waals surface area contributed by atoms with Crippen LogP contribution in [0.25, 0.3) is 11.4 Å². The first-order chi connectivity index (χ1) is 10.6. The number of carbonyl (C=O) groups is 1. The van der Waals surface area contributed by atoms with Gasteiger partial charge in [0, 0.05) is 29.9 Å². The third-order valence-electron chi connectivity index (χ3n) is 4.09. The number of hydrogen-bond donors (Lipinski definition) is 1. The predicted octanol–water partition coefficient (Wildman–Crippen LogP) is 3.34. The van der Waals surface area contributed by atoms with Gasteiger partial charge in [-0.3, -0.25) is 4.79 Å². The Kier molecular flexibility index (Phi) is 4.48. The predicted molar refractivity (Wildman–Crippen MR) is 87.8 cm³/mol. The molecule has 1 amide bonds. The van der Waals surface area contributed by atoms with Crippen molar-refractivity contribution in [1.82, 2.24) is 14.9 Å². The van der Waals surface area contributed by atoms with Crippen LogP contribution in [-0.2, 0) is 18.3 Å². The van der Waals surface area contributed by atoms with Crippen molar-refractivity contribution >= 4 is 17.5 Å². The zero-order chi connectivity index (χ0) is 15.5. The number of rotatable bonds is 4. The summed E-state index contributed by atoms with van der Waals surface area (Å²) in [7, 11) is 1.94. The molecule has 0 spiro atoms. The average Bonchev–Trinajstić information content (AvgIpc) is 3.10. The first kappa shape index (κ1) is 15.1. The van der Waals surface area contributed by atoms with E-state index in [0.29, 0.717) is 17.5 Å². The van der Waals surface area contributed by atoms with Gasteiger partial charge in [-0.1, -0.05) is 24.4 Å². The van der Waals surface area contributed by atoms with E-state index < -0.39 is 0 Å². The maximum absolute atomic E-state index is 12.1. The van der Waals surface area contributed by atoms with E-state index in [9.17, 15) is 4.79 Å². The van der Waals surface area contributed by atoms with Gasteiger partial charge in [-0.2, -0.15) is 0 Å². The van der Waals surface area contributed by atoms with E-state index in [0.717, 1.165) is 29.9 Å². The average molecular weight is 318 g/mol. The second-order valence-corrected chi connectivity index (χ2v) is 6.34. The molecule has 0 bridgehead atoms. The Bertz CT molecular complexity index is 657. The number of benzene rings is 1. The molecule has 1 aromatic heterocycles. The third kappa shape index (κ3) is 3.50. The molecule has 1 aliphatic carbocycles. The molecule has 1 saturated carbocycles. The summed E-state index contributed by atoms with van der Waals surface area (Å²) in [5, 5.41) is 3.80. The smallest absolute Gasteiger partial charge is 0.226 e. The van der Waals surface area contributed by atoms with Gasteiger partial charge < -0.3 is 9.88 Å². The van der Waals surface area contributed by atoms with Crippen LogP contribution >= 0.6 is 11.6 Å². The van der Waals surface area contributed by atoms with E-state index in [1.807, 2.05) is 42.1 Å². The SMILES string of the molecule is Cn1cc(CC(=O)NC2CCCC2)nc1-c1ccc(Cl)cc1. The largest absolute Gasteiger partial charge is 0.353 e. The van der Waals surface area contributed by atoms with E-state index in [-0.39, 0.29) is 5.91 Å². The summed E-state index contributed by atoms with van der Waals surface area (Å²) in [6.07, 6.45) is 6.88. The minimum atomic E-state index is 0.0626. The van der Waals surface area contributed by atoms with Gasteiger partial charge in [0.1, 0.15) is 5.82 Å². The molecule has 3 rings (SSSR count). The number of amides is 1. The molecular formula is C17H20ClN3O. The molecule has 116 valence electrons. The van der Waals surface area contributed by atoms with Gasteiger partial charge in [0.25, 0.3) is 0 Å². The van der Waals surface area contributed by atoms with Crippen molar-refractivity contribution in [3.63, 3.8) is 0 Å². The number of aryl methyl sites for hydroxylation is 1. The second kappa shape index (κ2) is 6.53. The number of nitrogens with one attached hydrogen (secondary N) is 1. The highest BCUT2D eigenvalue weighted by Gasteiger charge is 2.18. The molecule has 0 atom stereocenters. The summed E-state index contributed by atoms with van der Waals surface area (Å²) in [6.45, 7) is 0. The van der Waals surface area contributed by atoms with Crippen LogP contribution in [0.3, 0.4) is 0 Å². The summed E-state index contributed by atoms with van der Waals surface area (Å²) in [6, 6.07) is 7.92. The fourth-order valence-electron chi connectivity index (χ4n) is 2.99. The summed E-state index contributed by atoms with van der Waals surface area (Å²) in [4.78, 5) is 16.7. The maximum Gasteiger partial charge on any atom is 0.226 e. The molecule has 22 heavy (non-hydrogen) atoms. The molecule has 1 aliphatic rings. The van der Waals surface area contributed by atoms with Crippen molar-refractivity contribution in [2.24, 2.45) is 7.05 Å². The first-order valence-corrected chi connectivity index (χ1v) is 8.07. The van der Waals surface area contributed by atoms with Crippen molar-refractivity contribution in [2.75, 3.05) is 0 Å². The van der Waals surface area contributed by atoms with Crippen LogP contribution in [-0.4, -0.2) is 21.5 Å². The topological polar surface area (TPSA) is 46.9 Å². The Balaban J connectivity index is 1.69. The molecule has 5 heteroatoms. The molecule has 0 unspecified atom stereocenters. The lowest BCUT2D eigenvalue weighted by Crippen LogP contribution is -2.33. The molecule has 1 fully saturated rings. The maximum atomic E-state index is 12.1. The number of hydrogen-bond acceptors (Lipinski definition) is 2. The number of imidazole rings is 1. The molecule has 1 heterocycles. The first-order valence-electron chi connectivity index (χ1n) is 7.69. The third-order valence-corrected chi connectivity index (χ3v) is 4.34. The fourth-order valence-corrected chi connectivity index (χ4v) is 3.12. The van der Waals surface area contributed by atoms with E-state index >= 15 is 0 Å². The van der Waals surface area contributed by atoms with E-state index in [1.165, 1.54) is 12.8 Å². The second-order valence-electron chi connectivity index (χ2n) is 5.90.